The van der Waals surface area contributed by atoms with Gasteiger partial charge in [0, 0.05) is 12.5 Å². The molecule has 0 amide bonds. The van der Waals surface area contributed by atoms with Gasteiger partial charge >= 0.3 is 0 Å². The average Bonchev–Trinajstić information content (AvgIpc) is 2.74. The molecule has 0 radical (unpaired) electrons. The molecule has 0 fully saturated rings. The van der Waals surface area contributed by atoms with Crippen molar-refractivity contribution in [1.82, 2.24) is 0 Å². The molecule has 0 unspecified atom stereocenters. The van der Waals surface area contributed by atoms with Crippen LogP contribution in [0.4, 0.5) is 0 Å². The summed E-state index contributed by atoms with van der Waals surface area (Å²) in [4.78, 5) is 0. The largest absolute Gasteiger partial charge is 0.493 e. The quantitative estimate of drug-likeness (QED) is 0.572. The summed E-state index contributed by atoms with van der Waals surface area (Å²) in [6, 6.07) is 5.27. The minimum Gasteiger partial charge on any atom is -0.493 e. The fraction of sp³-hybridized carbons (Fsp3) is 0.455. The van der Waals surface area contributed by atoms with Crippen molar-refractivity contribution < 1.29 is 26.8 Å². The maximum Gasteiger partial charge on any atom is 0.264 e. The van der Waals surface area contributed by atoms with Gasteiger partial charge < -0.3 is 14.2 Å². The van der Waals surface area contributed by atoms with E-state index in [0.29, 0.717) is 30.3 Å². The summed E-state index contributed by atoms with van der Waals surface area (Å²) >= 11 is 0. The van der Waals surface area contributed by atoms with E-state index >= 15 is 0 Å². The Hall–Kier alpha value is -1.47. The number of hydrogen-bond donors (Lipinski definition) is 0. The maximum absolute atomic E-state index is 10.7. The molecule has 0 spiro atoms. The molecule has 0 saturated carbocycles. The van der Waals surface area contributed by atoms with Crippen LogP contribution in [0.1, 0.15) is 6.42 Å². The third-order valence-electron chi connectivity index (χ3n) is 2.20. The van der Waals surface area contributed by atoms with Gasteiger partial charge in [-0.15, -0.1) is 0 Å². The lowest BCUT2D eigenvalue weighted by atomic mass is 10.3. The normalized spacial score (nSPS) is 13.6. The van der Waals surface area contributed by atoms with Gasteiger partial charge in [-0.1, -0.05) is 0 Å². The molecular formula is C11H14O6S. The summed E-state index contributed by atoms with van der Waals surface area (Å²) in [5.41, 5.74) is 0. The van der Waals surface area contributed by atoms with E-state index in [2.05, 4.69) is 4.18 Å². The lowest BCUT2D eigenvalue weighted by Gasteiger charge is -2.06. The molecule has 18 heavy (non-hydrogen) atoms. The number of benzene rings is 1. The Balaban J connectivity index is 1.74. The second-order valence-corrected chi connectivity index (χ2v) is 5.39. The SMILES string of the molecule is CS(=O)(=O)OCCCOc1ccc2c(c1)OCO2. The monoisotopic (exact) mass is 274 g/mol. The minimum absolute atomic E-state index is 0.114. The topological polar surface area (TPSA) is 71.1 Å². The molecule has 0 aliphatic carbocycles. The van der Waals surface area contributed by atoms with E-state index in [4.69, 9.17) is 14.2 Å². The summed E-state index contributed by atoms with van der Waals surface area (Å²) in [6.45, 7) is 0.708. The first-order chi connectivity index (χ1) is 8.54. The zero-order valence-electron chi connectivity index (χ0n) is 9.92. The lowest BCUT2D eigenvalue weighted by Crippen LogP contribution is -2.07. The predicted octanol–water partition coefficient (Wildman–Crippen LogP) is 1.16. The molecule has 0 bridgehead atoms. The average molecular weight is 274 g/mol. The molecule has 0 aromatic heterocycles. The summed E-state index contributed by atoms with van der Waals surface area (Å²) in [6.07, 6.45) is 1.51. The zero-order chi connectivity index (χ0) is 13.0. The third-order valence-corrected chi connectivity index (χ3v) is 2.79. The molecule has 0 N–H and O–H groups in total. The lowest BCUT2D eigenvalue weighted by molar-refractivity contribution is 0.173. The second kappa shape index (κ2) is 5.45. The molecule has 2 rings (SSSR count). The fourth-order valence-corrected chi connectivity index (χ4v) is 1.85. The van der Waals surface area contributed by atoms with Crippen molar-refractivity contribution in [3.63, 3.8) is 0 Å². The van der Waals surface area contributed by atoms with Crippen molar-refractivity contribution in [3.8, 4) is 17.2 Å². The smallest absolute Gasteiger partial charge is 0.264 e. The van der Waals surface area contributed by atoms with Gasteiger partial charge in [-0.3, -0.25) is 4.18 Å². The molecule has 1 aromatic rings. The van der Waals surface area contributed by atoms with Crippen LogP contribution >= 0.6 is 0 Å². The molecule has 1 aliphatic heterocycles. The van der Waals surface area contributed by atoms with Gasteiger partial charge in [-0.25, -0.2) is 0 Å². The molecule has 1 heterocycles. The van der Waals surface area contributed by atoms with Crippen LogP contribution in [0.5, 0.6) is 17.2 Å². The number of ether oxygens (including phenoxy) is 3. The molecule has 0 saturated heterocycles. The molecular weight excluding hydrogens is 260 g/mol. The van der Waals surface area contributed by atoms with Gasteiger partial charge in [-0.05, 0) is 12.1 Å². The summed E-state index contributed by atoms with van der Waals surface area (Å²) in [5.74, 6) is 2.00. The van der Waals surface area contributed by atoms with Crippen molar-refractivity contribution in [3.05, 3.63) is 18.2 Å². The van der Waals surface area contributed by atoms with Gasteiger partial charge in [0.15, 0.2) is 11.5 Å². The molecule has 1 aromatic carbocycles. The third kappa shape index (κ3) is 3.78. The Bertz CT molecular complexity index is 510. The maximum atomic E-state index is 10.7. The standard InChI is InChI=1S/C11H14O6S/c1-18(12,13)17-6-2-5-14-9-3-4-10-11(7-9)16-8-15-10/h3-4,7H,2,5-6,8H2,1H3. The van der Waals surface area contributed by atoms with E-state index < -0.39 is 10.1 Å². The molecule has 1 aliphatic rings. The van der Waals surface area contributed by atoms with Gasteiger partial charge in [0.25, 0.3) is 10.1 Å². The van der Waals surface area contributed by atoms with Crippen LogP contribution in [0.25, 0.3) is 0 Å². The number of hydrogen-bond acceptors (Lipinski definition) is 6. The van der Waals surface area contributed by atoms with E-state index in [9.17, 15) is 8.42 Å². The van der Waals surface area contributed by atoms with Gasteiger partial charge in [0.2, 0.25) is 6.79 Å². The van der Waals surface area contributed by atoms with Crippen molar-refractivity contribution >= 4 is 10.1 Å². The Morgan fingerprint density at radius 2 is 2.00 bits per heavy atom. The molecule has 7 heteroatoms. The van der Waals surface area contributed by atoms with Crippen molar-refractivity contribution in [2.24, 2.45) is 0 Å². The van der Waals surface area contributed by atoms with E-state index in [1.54, 1.807) is 18.2 Å². The van der Waals surface area contributed by atoms with Gasteiger partial charge in [0.05, 0.1) is 19.5 Å². The zero-order valence-corrected chi connectivity index (χ0v) is 10.7. The second-order valence-electron chi connectivity index (χ2n) is 3.74. The summed E-state index contributed by atoms with van der Waals surface area (Å²) < 4.78 is 41.8. The Kier molecular flexibility index (Phi) is 3.93. The number of rotatable bonds is 6. The van der Waals surface area contributed by atoms with E-state index in [0.717, 1.165) is 6.26 Å². The highest BCUT2D eigenvalue weighted by molar-refractivity contribution is 7.85. The Labute approximate surface area is 106 Å². The predicted molar refractivity (Wildman–Crippen MR) is 63.5 cm³/mol. The van der Waals surface area contributed by atoms with Crippen LogP contribution in [-0.4, -0.2) is 34.7 Å². The van der Waals surface area contributed by atoms with Crippen molar-refractivity contribution in [2.75, 3.05) is 26.3 Å². The highest BCUT2D eigenvalue weighted by Gasteiger charge is 2.13. The van der Waals surface area contributed by atoms with Crippen LogP contribution in [0.2, 0.25) is 0 Å². The highest BCUT2D eigenvalue weighted by atomic mass is 32.2. The Morgan fingerprint density at radius 1 is 1.22 bits per heavy atom. The van der Waals surface area contributed by atoms with Gasteiger partial charge in [-0.2, -0.15) is 8.42 Å². The summed E-state index contributed by atoms with van der Waals surface area (Å²) in [7, 11) is -3.37. The first-order valence-electron chi connectivity index (χ1n) is 5.41. The van der Waals surface area contributed by atoms with Crippen molar-refractivity contribution in [1.29, 1.82) is 0 Å². The van der Waals surface area contributed by atoms with Crippen LogP contribution in [0.3, 0.4) is 0 Å². The highest BCUT2D eigenvalue weighted by Crippen LogP contribution is 2.35. The molecule has 0 atom stereocenters. The molecule has 6 nitrogen and oxygen atoms in total. The summed E-state index contributed by atoms with van der Waals surface area (Å²) in [5, 5.41) is 0. The van der Waals surface area contributed by atoms with E-state index in [-0.39, 0.29) is 13.4 Å². The van der Waals surface area contributed by atoms with Crippen LogP contribution in [0, 0.1) is 0 Å². The van der Waals surface area contributed by atoms with Gasteiger partial charge in [0.1, 0.15) is 5.75 Å². The first kappa shape index (κ1) is 13.0. The van der Waals surface area contributed by atoms with Crippen LogP contribution in [0.15, 0.2) is 18.2 Å². The number of fused-ring (bicyclic) bond motifs is 1. The van der Waals surface area contributed by atoms with E-state index in [1.807, 2.05) is 0 Å². The Morgan fingerprint density at radius 3 is 2.78 bits per heavy atom. The fourth-order valence-electron chi connectivity index (χ4n) is 1.43. The van der Waals surface area contributed by atoms with Crippen LogP contribution < -0.4 is 14.2 Å². The first-order valence-corrected chi connectivity index (χ1v) is 7.23. The van der Waals surface area contributed by atoms with Crippen LogP contribution in [-0.2, 0) is 14.3 Å². The minimum atomic E-state index is -3.37. The molecule has 100 valence electrons. The van der Waals surface area contributed by atoms with E-state index in [1.165, 1.54) is 0 Å². The van der Waals surface area contributed by atoms with Crippen molar-refractivity contribution in [2.45, 2.75) is 6.42 Å².